The van der Waals surface area contributed by atoms with Crippen molar-refractivity contribution in [2.24, 2.45) is 5.92 Å². The van der Waals surface area contributed by atoms with Crippen LogP contribution in [0.5, 0.6) is 0 Å². The molecule has 1 aliphatic carbocycles. The second-order valence-corrected chi connectivity index (χ2v) is 5.93. The van der Waals surface area contributed by atoms with Gasteiger partial charge < -0.3 is 9.80 Å². The van der Waals surface area contributed by atoms with E-state index in [4.69, 9.17) is 5.26 Å². The van der Waals surface area contributed by atoms with E-state index in [1.165, 1.54) is 0 Å². The van der Waals surface area contributed by atoms with Gasteiger partial charge in [0, 0.05) is 32.1 Å². The molecule has 2 heterocycles. The number of anilines is 1. The van der Waals surface area contributed by atoms with Crippen molar-refractivity contribution in [2.75, 3.05) is 25.0 Å². The minimum Gasteiger partial charge on any atom is -0.356 e. The molecule has 0 bridgehead atoms. The van der Waals surface area contributed by atoms with Crippen molar-refractivity contribution < 1.29 is 4.79 Å². The fourth-order valence-electron chi connectivity index (χ4n) is 2.94. The second kappa shape index (κ2) is 5.72. The van der Waals surface area contributed by atoms with Crippen LogP contribution in [-0.2, 0) is 4.79 Å². The second-order valence-electron chi connectivity index (χ2n) is 5.93. The van der Waals surface area contributed by atoms with E-state index in [-0.39, 0.29) is 0 Å². The zero-order valence-electron chi connectivity index (χ0n) is 12.3. The molecule has 0 unspecified atom stereocenters. The molecular weight excluding hydrogens is 264 g/mol. The number of aromatic nitrogens is 1. The molecule has 2 fully saturated rings. The average molecular weight is 284 g/mol. The molecule has 1 saturated carbocycles. The zero-order chi connectivity index (χ0) is 14.8. The van der Waals surface area contributed by atoms with Crippen LogP contribution in [0.2, 0.25) is 0 Å². The lowest BCUT2D eigenvalue weighted by Gasteiger charge is -2.37. The molecule has 5 heteroatoms. The van der Waals surface area contributed by atoms with Crippen LogP contribution in [0.1, 0.15) is 31.4 Å². The number of hydrogen-bond donors (Lipinski definition) is 0. The molecule has 1 saturated heterocycles. The molecule has 5 nitrogen and oxygen atoms in total. The van der Waals surface area contributed by atoms with E-state index in [2.05, 4.69) is 16.0 Å². The first kappa shape index (κ1) is 13.9. The third-order valence-electron chi connectivity index (χ3n) is 4.46. The van der Waals surface area contributed by atoms with Crippen molar-refractivity contribution in [2.45, 2.75) is 31.7 Å². The summed E-state index contributed by atoms with van der Waals surface area (Å²) in [6.07, 6.45) is 4.06. The first-order chi connectivity index (χ1) is 10.2. The highest BCUT2D eigenvalue weighted by molar-refractivity contribution is 5.81. The molecule has 0 radical (unpaired) electrons. The average Bonchev–Trinajstić information content (AvgIpc) is 3.38. The Hall–Kier alpha value is -2.09. The molecule has 0 N–H and O–H groups in total. The minimum absolute atomic E-state index is 0.294. The Bertz CT molecular complexity index is 568. The van der Waals surface area contributed by atoms with Gasteiger partial charge in [-0.3, -0.25) is 4.79 Å². The fraction of sp³-hybridized carbons (Fsp3) is 0.562. The highest BCUT2D eigenvalue weighted by atomic mass is 16.2. The maximum absolute atomic E-state index is 12.1. The first-order valence-electron chi connectivity index (χ1n) is 7.58. The topological polar surface area (TPSA) is 60.2 Å². The molecule has 0 aromatic carbocycles. The van der Waals surface area contributed by atoms with Gasteiger partial charge in [-0.2, -0.15) is 5.26 Å². The SMILES string of the molecule is CN(C(=O)C1CC1)C1CCN(c2cccc(C#N)n2)CC1. The van der Waals surface area contributed by atoms with Crippen molar-refractivity contribution in [1.29, 1.82) is 5.26 Å². The van der Waals surface area contributed by atoms with Gasteiger partial charge in [-0.1, -0.05) is 6.07 Å². The molecule has 1 amide bonds. The number of carbonyl (C=O) groups is 1. The summed E-state index contributed by atoms with van der Waals surface area (Å²) in [5, 5.41) is 8.92. The van der Waals surface area contributed by atoms with E-state index >= 15 is 0 Å². The van der Waals surface area contributed by atoms with Crippen molar-refractivity contribution in [3.63, 3.8) is 0 Å². The third kappa shape index (κ3) is 2.99. The number of amides is 1. The summed E-state index contributed by atoms with van der Waals surface area (Å²) in [6.45, 7) is 1.77. The largest absolute Gasteiger partial charge is 0.356 e. The van der Waals surface area contributed by atoms with E-state index in [0.717, 1.165) is 44.6 Å². The van der Waals surface area contributed by atoms with Crippen LogP contribution in [0.3, 0.4) is 0 Å². The van der Waals surface area contributed by atoms with Crippen molar-refractivity contribution >= 4 is 11.7 Å². The summed E-state index contributed by atoms with van der Waals surface area (Å²) in [6, 6.07) is 7.95. The van der Waals surface area contributed by atoms with Crippen molar-refractivity contribution in [1.82, 2.24) is 9.88 Å². The summed E-state index contributed by atoms with van der Waals surface area (Å²) in [4.78, 5) is 20.6. The lowest BCUT2D eigenvalue weighted by atomic mass is 10.0. The smallest absolute Gasteiger partial charge is 0.225 e. The maximum atomic E-state index is 12.1. The molecule has 3 rings (SSSR count). The standard InChI is InChI=1S/C16H20N4O/c1-19(16(21)12-5-6-12)14-7-9-20(10-8-14)15-4-2-3-13(11-17)18-15/h2-4,12,14H,5-10H2,1H3. The highest BCUT2D eigenvalue weighted by Crippen LogP contribution is 2.32. The zero-order valence-corrected chi connectivity index (χ0v) is 12.3. The van der Waals surface area contributed by atoms with Crippen LogP contribution in [-0.4, -0.2) is 42.0 Å². The van der Waals surface area contributed by atoms with E-state index in [9.17, 15) is 4.79 Å². The molecule has 2 aliphatic rings. The molecular formula is C16H20N4O. The van der Waals surface area contributed by atoms with Gasteiger partial charge in [-0.15, -0.1) is 0 Å². The Labute approximate surface area is 125 Å². The normalized spacial score (nSPS) is 19.1. The molecule has 1 aliphatic heterocycles. The Morgan fingerprint density at radius 2 is 2.05 bits per heavy atom. The van der Waals surface area contributed by atoms with E-state index in [1.54, 1.807) is 6.07 Å². The van der Waals surface area contributed by atoms with E-state index < -0.39 is 0 Å². The van der Waals surface area contributed by atoms with Gasteiger partial charge in [0.25, 0.3) is 0 Å². The van der Waals surface area contributed by atoms with Gasteiger partial charge in [-0.05, 0) is 37.8 Å². The summed E-state index contributed by atoms with van der Waals surface area (Å²) >= 11 is 0. The molecule has 1 aromatic rings. The van der Waals surface area contributed by atoms with Gasteiger partial charge in [0.05, 0.1) is 0 Å². The van der Waals surface area contributed by atoms with Crippen LogP contribution >= 0.6 is 0 Å². The Balaban J connectivity index is 1.59. The van der Waals surface area contributed by atoms with E-state index in [1.807, 2.05) is 24.1 Å². The van der Waals surface area contributed by atoms with Gasteiger partial charge >= 0.3 is 0 Å². The van der Waals surface area contributed by atoms with Crippen LogP contribution in [0, 0.1) is 17.2 Å². The molecule has 1 aromatic heterocycles. The number of piperidine rings is 1. The Morgan fingerprint density at radius 1 is 1.33 bits per heavy atom. The van der Waals surface area contributed by atoms with Crippen molar-refractivity contribution in [3.8, 4) is 6.07 Å². The Morgan fingerprint density at radius 3 is 2.67 bits per heavy atom. The number of carbonyl (C=O) groups excluding carboxylic acids is 1. The Kier molecular flexibility index (Phi) is 3.78. The van der Waals surface area contributed by atoms with Crippen LogP contribution < -0.4 is 4.90 Å². The first-order valence-corrected chi connectivity index (χ1v) is 7.58. The van der Waals surface area contributed by atoms with E-state index in [0.29, 0.717) is 23.6 Å². The molecule has 0 spiro atoms. The highest BCUT2D eigenvalue weighted by Gasteiger charge is 2.35. The quantitative estimate of drug-likeness (QED) is 0.849. The fourth-order valence-corrected chi connectivity index (χ4v) is 2.94. The summed E-state index contributed by atoms with van der Waals surface area (Å²) in [7, 11) is 1.94. The maximum Gasteiger partial charge on any atom is 0.225 e. The van der Waals surface area contributed by atoms with Crippen LogP contribution in [0.15, 0.2) is 18.2 Å². The lowest BCUT2D eigenvalue weighted by Crippen LogP contribution is -2.46. The summed E-state index contributed by atoms with van der Waals surface area (Å²) in [5.41, 5.74) is 0.454. The number of hydrogen-bond acceptors (Lipinski definition) is 4. The van der Waals surface area contributed by atoms with Gasteiger partial charge in [0.15, 0.2) is 0 Å². The minimum atomic E-state index is 0.294. The monoisotopic (exact) mass is 284 g/mol. The number of rotatable bonds is 3. The molecule has 110 valence electrons. The number of nitriles is 1. The third-order valence-corrected chi connectivity index (χ3v) is 4.46. The number of pyridine rings is 1. The molecule has 0 atom stereocenters. The lowest BCUT2D eigenvalue weighted by molar-refractivity contribution is -0.133. The predicted octanol–water partition coefficient (Wildman–Crippen LogP) is 1.79. The summed E-state index contributed by atoms with van der Waals surface area (Å²) < 4.78 is 0. The molecule has 21 heavy (non-hydrogen) atoms. The predicted molar refractivity (Wildman–Crippen MR) is 79.7 cm³/mol. The van der Waals surface area contributed by atoms with Gasteiger partial charge in [0.1, 0.15) is 17.6 Å². The van der Waals surface area contributed by atoms with Gasteiger partial charge in [-0.25, -0.2) is 4.98 Å². The summed E-state index contributed by atoms with van der Waals surface area (Å²) in [5.74, 6) is 1.48. The van der Waals surface area contributed by atoms with Crippen molar-refractivity contribution in [3.05, 3.63) is 23.9 Å². The van der Waals surface area contributed by atoms with Crippen LogP contribution in [0.25, 0.3) is 0 Å². The number of nitrogens with zero attached hydrogens (tertiary/aromatic N) is 4. The van der Waals surface area contributed by atoms with Crippen LogP contribution in [0.4, 0.5) is 5.82 Å². The van der Waals surface area contributed by atoms with Gasteiger partial charge in [0.2, 0.25) is 5.91 Å².